The summed E-state index contributed by atoms with van der Waals surface area (Å²) in [5.41, 5.74) is 0.418. The number of fused-ring (bicyclic) bond motifs is 2. The summed E-state index contributed by atoms with van der Waals surface area (Å²) in [4.78, 5) is 25.9. The Morgan fingerprint density at radius 3 is 2.72 bits per heavy atom. The van der Waals surface area contributed by atoms with E-state index in [0.29, 0.717) is 29.5 Å². The lowest BCUT2D eigenvalue weighted by atomic mass is 10.00. The zero-order chi connectivity index (χ0) is 25.0. The molecule has 1 aliphatic rings. The molecule has 0 radical (unpaired) electrons. The lowest BCUT2D eigenvalue weighted by molar-refractivity contribution is -0.137. The highest BCUT2D eigenvalue weighted by Gasteiger charge is 2.39. The van der Waals surface area contributed by atoms with Crippen LogP contribution in [-0.2, 0) is 12.6 Å². The molecular formula is C23H14F4N6O3. The Morgan fingerprint density at radius 1 is 1.11 bits per heavy atom. The van der Waals surface area contributed by atoms with Crippen LogP contribution in [0.5, 0.6) is 0 Å². The number of aromatic amines is 1. The number of nitrogens with zero attached hydrogens (tertiary/aromatic N) is 5. The maximum Gasteiger partial charge on any atom is 0.417 e. The minimum atomic E-state index is -4.55. The molecule has 0 aliphatic carbocycles. The van der Waals surface area contributed by atoms with Gasteiger partial charge in [0.05, 0.1) is 17.6 Å². The van der Waals surface area contributed by atoms with Crippen molar-refractivity contribution in [3.63, 3.8) is 0 Å². The van der Waals surface area contributed by atoms with E-state index in [1.807, 2.05) is 0 Å². The van der Waals surface area contributed by atoms with Crippen molar-refractivity contribution < 1.29 is 31.2 Å². The molecular weight excluding hydrogens is 484 g/mol. The lowest BCUT2D eigenvalue weighted by Gasteiger charge is -2.32. The molecule has 1 aromatic carbocycles. The zero-order valence-corrected chi connectivity index (χ0v) is 18.1. The zero-order valence-electron chi connectivity index (χ0n) is 18.1. The Bertz CT molecular complexity index is 1590. The minimum Gasteiger partial charge on any atom is -0.455 e. The third kappa shape index (κ3) is 3.59. The van der Waals surface area contributed by atoms with E-state index < -0.39 is 35.4 Å². The standard InChI is InChI=1S/C23H14F4N6O3/c24-13-3-1-2-11-8-16(35-19(11)13)18-17-14(29-10-30-17)6-7-33(18)22(34)21-32-31-20(36-21)15-5-4-12(9-28-15)23(25,26)27/h1-5,8-10,18H,6-7H2,(H,29,30)/t18-/m1/s1. The monoisotopic (exact) mass is 498 g/mol. The van der Waals surface area contributed by atoms with Gasteiger partial charge in [0.1, 0.15) is 17.5 Å². The maximum atomic E-state index is 14.3. The van der Waals surface area contributed by atoms with Crippen molar-refractivity contribution >= 4 is 16.9 Å². The van der Waals surface area contributed by atoms with Gasteiger partial charge in [-0.15, -0.1) is 10.2 Å². The molecule has 1 amide bonds. The third-order valence-corrected chi connectivity index (χ3v) is 5.89. The molecule has 13 heteroatoms. The quantitative estimate of drug-likeness (QED) is 0.363. The van der Waals surface area contributed by atoms with Crippen LogP contribution in [0.1, 0.15) is 39.4 Å². The number of pyridine rings is 1. The highest BCUT2D eigenvalue weighted by molar-refractivity contribution is 5.90. The molecule has 9 nitrogen and oxygen atoms in total. The van der Waals surface area contributed by atoms with Gasteiger partial charge in [-0.05, 0) is 24.3 Å². The second-order valence-corrected chi connectivity index (χ2v) is 8.07. The van der Waals surface area contributed by atoms with Crippen molar-refractivity contribution in [2.75, 3.05) is 6.54 Å². The van der Waals surface area contributed by atoms with Crippen LogP contribution in [-0.4, -0.2) is 42.5 Å². The van der Waals surface area contributed by atoms with E-state index in [-0.39, 0.29) is 23.7 Å². The number of imidazole rings is 1. The van der Waals surface area contributed by atoms with Gasteiger partial charge in [0.25, 0.3) is 5.89 Å². The smallest absolute Gasteiger partial charge is 0.417 e. The fourth-order valence-corrected chi connectivity index (χ4v) is 4.19. The van der Waals surface area contributed by atoms with Crippen molar-refractivity contribution in [2.24, 2.45) is 0 Å². The Balaban J connectivity index is 1.35. The molecule has 1 N–H and O–H groups in total. The summed E-state index contributed by atoms with van der Waals surface area (Å²) in [6.45, 7) is 0.231. The largest absolute Gasteiger partial charge is 0.455 e. The van der Waals surface area contributed by atoms with E-state index in [9.17, 15) is 22.4 Å². The number of carbonyl (C=O) groups excluding carboxylic acids is 1. The van der Waals surface area contributed by atoms with Gasteiger partial charge < -0.3 is 18.7 Å². The normalized spacial score (nSPS) is 15.9. The molecule has 0 spiro atoms. The first-order valence-corrected chi connectivity index (χ1v) is 10.7. The molecule has 36 heavy (non-hydrogen) atoms. The van der Waals surface area contributed by atoms with Crippen LogP contribution in [0, 0.1) is 5.82 Å². The topological polar surface area (TPSA) is 114 Å². The van der Waals surface area contributed by atoms with E-state index in [2.05, 4.69) is 25.1 Å². The van der Waals surface area contributed by atoms with Crippen LogP contribution >= 0.6 is 0 Å². The second-order valence-electron chi connectivity index (χ2n) is 8.07. The Labute approximate surface area is 198 Å². The Kier molecular flexibility index (Phi) is 4.88. The maximum absolute atomic E-state index is 14.3. The van der Waals surface area contributed by atoms with Gasteiger partial charge in [-0.1, -0.05) is 12.1 Å². The summed E-state index contributed by atoms with van der Waals surface area (Å²) in [7, 11) is 0. The molecule has 4 aromatic heterocycles. The number of furan rings is 1. The lowest BCUT2D eigenvalue weighted by Crippen LogP contribution is -2.40. The minimum absolute atomic E-state index is 0.0212. The van der Waals surface area contributed by atoms with Gasteiger partial charge in [-0.2, -0.15) is 13.2 Å². The molecule has 1 aliphatic heterocycles. The molecule has 5 aromatic rings. The molecule has 182 valence electrons. The van der Waals surface area contributed by atoms with E-state index in [0.717, 1.165) is 17.8 Å². The molecule has 6 rings (SSSR count). The van der Waals surface area contributed by atoms with Crippen molar-refractivity contribution in [3.05, 3.63) is 83.3 Å². The number of nitrogens with one attached hydrogen (secondary N) is 1. The number of hydrogen-bond acceptors (Lipinski definition) is 7. The van der Waals surface area contributed by atoms with Gasteiger partial charge in [0, 0.05) is 30.2 Å². The average molecular weight is 498 g/mol. The second kappa shape index (κ2) is 8.00. The molecule has 0 bridgehead atoms. The van der Waals surface area contributed by atoms with E-state index in [4.69, 9.17) is 8.83 Å². The summed E-state index contributed by atoms with van der Waals surface area (Å²) in [6, 6.07) is 7.25. The molecule has 0 fully saturated rings. The molecule has 0 saturated carbocycles. The van der Waals surface area contributed by atoms with Crippen LogP contribution in [0.25, 0.3) is 22.6 Å². The SMILES string of the molecule is O=C(c1nnc(-c2ccc(C(F)(F)F)cn2)o1)N1CCc2[nH]cnc2[C@H]1c1cc2cccc(F)c2o1. The number of H-pyrrole nitrogens is 1. The van der Waals surface area contributed by atoms with Gasteiger partial charge in [-0.3, -0.25) is 9.78 Å². The summed E-state index contributed by atoms with van der Waals surface area (Å²) >= 11 is 0. The van der Waals surface area contributed by atoms with Crippen LogP contribution in [0.2, 0.25) is 0 Å². The summed E-state index contributed by atoms with van der Waals surface area (Å²) in [6.07, 6.45) is -1.96. The number of halogens is 4. The fourth-order valence-electron chi connectivity index (χ4n) is 4.19. The molecule has 5 heterocycles. The van der Waals surface area contributed by atoms with Crippen molar-refractivity contribution in [1.82, 2.24) is 30.0 Å². The number of benzene rings is 1. The van der Waals surface area contributed by atoms with Gasteiger partial charge in [0.15, 0.2) is 11.4 Å². The Hall–Kier alpha value is -4.55. The van der Waals surface area contributed by atoms with Gasteiger partial charge in [0.2, 0.25) is 0 Å². The van der Waals surface area contributed by atoms with E-state index >= 15 is 0 Å². The van der Waals surface area contributed by atoms with Crippen LogP contribution in [0.4, 0.5) is 17.6 Å². The Morgan fingerprint density at radius 2 is 1.97 bits per heavy atom. The van der Waals surface area contributed by atoms with Crippen LogP contribution < -0.4 is 0 Å². The van der Waals surface area contributed by atoms with E-state index in [1.165, 1.54) is 17.3 Å². The third-order valence-electron chi connectivity index (χ3n) is 5.89. The van der Waals surface area contributed by atoms with Crippen molar-refractivity contribution in [1.29, 1.82) is 0 Å². The number of alkyl halides is 3. The first-order chi connectivity index (χ1) is 17.3. The average Bonchev–Trinajstić information content (AvgIpc) is 3.62. The van der Waals surface area contributed by atoms with E-state index in [1.54, 1.807) is 18.2 Å². The summed E-state index contributed by atoms with van der Waals surface area (Å²) in [5, 5.41) is 8.07. The highest BCUT2D eigenvalue weighted by atomic mass is 19.4. The van der Waals surface area contributed by atoms with Crippen LogP contribution in [0.3, 0.4) is 0 Å². The summed E-state index contributed by atoms with van der Waals surface area (Å²) < 4.78 is 64.0. The predicted molar refractivity (Wildman–Crippen MR) is 114 cm³/mol. The first-order valence-electron chi connectivity index (χ1n) is 10.7. The van der Waals surface area contributed by atoms with Crippen molar-refractivity contribution in [2.45, 2.75) is 18.6 Å². The molecule has 0 unspecified atom stereocenters. The number of hydrogen-bond donors (Lipinski definition) is 1. The number of rotatable bonds is 3. The summed E-state index contributed by atoms with van der Waals surface area (Å²) in [5.74, 6) is -1.51. The number of carbonyl (C=O) groups is 1. The number of aromatic nitrogens is 5. The number of amides is 1. The van der Waals surface area contributed by atoms with Crippen molar-refractivity contribution in [3.8, 4) is 11.6 Å². The molecule has 0 saturated heterocycles. The first kappa shape index (κ1) is 21.9. The highest BCUT2D eigenvalue weighted by Crippen LogP contribution is 2.37. The molecule has 1 atom stereocenters. The van der Waals surface area contributed by atoms with Crippen LogP contribution in [0.15, 0.2) is 57.8 Å². The number of para-hydroxylation sites is 1. The van der Waals surface area contributed by atoms with Gasteiger partial charge in [-0.25, -0.2) is 9.37 Å². The fraction of sp³-hybridized carbons (Fsp3) is 0.174. The van der Waals surface area contributed by atoms with Gasteiger partial charge >= 0.3 is 18.0 Å². The predicted octanol–water partition coefficient (Wildman–Crippen LogP) is 4.55.